The van der Waals surface area contributed by atoms with Crippen LogP contribution in [0, 0.1) is 5.82 Å². The molecule has 0 N–H and O–H groups in total. The zero-order valence-electron chi connectivity index (χ0n) is 20.9. The number of hydrogen-bond donors (Lipinski definition) is 0. The highest BCUT2D eigenvalue weighted by atomic mass is 19.1. The van der Waals surface area contributed by atoms with Crippen LogP contribution in [0.5, 0.6) is 0 Å². The van der Waals surface area contributed by atoms with Crippen LogP contribution in [-0.2, 0) is 23.1 Å². The molecule has 0 bridgehead atoms. The lowest BCUT2D eigenvalue weighted by molar-refractivity contribution is -0.124. The average molecular weight is 496 g/mol. The maximum atomic E-state index is 14.4. The molecule has 1 aliphatic heterocycles. The Morgan fingerprint density at radius 3 is 2.54 bits per heavy atom. The molecule has 0 spiro atoms. The van der Waals surface area contributed by atoms with E-state index in [-0.39, 0.29) is 24.3 Å². The van der Waals surface area contributed by atoms with Gasteiger partial charge in [-0.25, -0.2) is 4.39 Å². The lowest BCUT2D eigenvalue weighted by atomic mass is 9.94. The summed E-state index contributed by atoms with van der Waals surface area (Å²) in [6.45, 7) is 0. The number of aryl methyl sites for hydroxylation is 1. The first-order chi connectivity index (χ1) is 18.0. The Hall–Kier alpha value is -3.93. The first-order valence-electron chi connectivity index (χ1n) is 13.1. The molecular weight excluding hydrogens is 465 g/mol. The number of carbonyl (C=O) groups excluding carboxylic acids is 2. The molecule has 5 nitrogen and oxygen atoms in total. The zero-order valence-corrected chi connectivity index (χ0v) is 20.9. The molecule has 6 rings (SSSR count). The Morgan fingerprint density at radius 2 is 1.73 bits per heavy atom. The van der Waals surface area contributed by atoms with Crippen molar-refractivity contribution in [1.29, 1.82) is 0 Å². The van der Waals surface area contributed by atoms with Crippen LogP contribution in [0.1, 0.15) is 49.3 Å². The van der Waals surface area contributed by atoms with Crippen molar-refractivity contribution >= 4 is 34.1 Å². The highest BCUT2D eigenvalue weighted by molar-refractivity contribution is 6.12. The van der Waals surface area contributed by atoms with Gasteiger partial charge in [-0.15, -0.1) is 0 Å². The molecule has 1 fully saturated rings. The summed E-state index contributed by atoms with van der Waals surface area (Å²) in [4.78, 5) is 31.7. The predicted molar refractivity (Wildman–Crippen MR) is 144 cm³/mol. The standard InChI is InChI=1S/C31H30FN3O2/c1-33-20-21(25-14-5-7-16-27(25)33)18-29(36)35(24-13-9-10-22(32)19-24)30-26-15-6-8-17-28(26)34(31(30)37)23-11-3-2-4-12-23/h5-10,13-17,19-20,23,30H,2-4,11-12,18H2,1H3. The van der Waals surface area contributed by atoms with Gasteiger partial charge in [0.25, 0.3) is 5.91 Å². The minimum atomic E-state index is -0.831. The lowest BCUT2D eigenvalue weighted by Crippen LogP contribution is -2.45. The first kappa shape index (κ1) is 23.5. The molecule has 2 heterocycles. The van der Waals surface area contributed by atoms with E-state index in [2.05, 4.69) is 0 Å². The lowest BCUT2D eigenvalue weighted by Gasteiger charge is -2.33. The minimum absolute atomic E-state index is 0.104. The number of fused-ring (bicyclic) bond motifs is 2. The Balaban J connectivity index is 1.44. The van der Waals surface area contributed by atoms with E-state index in [1.54, 1.807) is 12.1 Å². The summed E-state index contributed by atoms with van der Waals surface area (Å²) in [6.07, 6.45) is 7.35. The maximum absolute atomic E-state index is 14.4. The van der Waals surface area contributed by atoms with Crippen molar-refractivity contribution in [2.45, 2.75) is 50.6 Å². The van der Waals surface area contributed by atoms with Crippen molar-refractivity contribution in [3.05, 3.63) is 95.9 Å². The van der Waals surface area contributed by atoms with Gasteiger partial charge in [0.2, 0.25) is 5.91 Å². The van der Waals surface area contributed by atoms with Gasteiger partial charge >= 0.3 is 0 Å². The van der Waals surface area contributed by atoms with Crippen molar-refractivity contribution in [3.63, 3.8) is 0 Å². The molecule has 4 aromatic rings. The minimum Gasteiger partial charge on any atom is -0.350 e. The van der Waals surface area contributed by atoms with E-state index in [9.17, 15) is 14.0 Å². The number of nitrogens with zero attached hydrogens (tertiary/aromatic N) is 3. The van der Waals surface area contributed by atoms with Gasteiger partial charge in [-0.2, -0.15) is 0 Å². The third kappa shape index (κ3) is 4.10. The fraction of sp³-hybridized carbons (Fsp3) is 0.290. The van der Waals surface area contributed by atoms with E-state index >= 15 is 0 Å². The van der Waals surface area contributed by atoms with E-state index in [4.69, 9.17) is 0 Å². The number of rotatable bonds is 5. The van der Waals surface area contributed by atoms with E-state index in [0.717, 1.165) is 53.4 Å². The molecule has 2 amide bonds. The SMILES string of the molecule is Cn1cc(CC(=O)N(c2cccc(F)c2)C2C(=O)N(C3CCCCC3)c3ccccc32)c2ccccc21. The number of halogens is 1. The molecule has 1 atom stereocenters. The molecule has 6 heteroatoms. The summed E-state index contributed by atoms with van der Waals surface area (Å²) in [7, 11) is 1.96. The summed E-state index contributed by atoms with van der Waals surface area (Å²) in [5, 5.41) is 1.000. The third-order valence-corrected chi connectivity index (χ3v) is 7.84. The van der Waals surface area contributed by atoms with Crippen molar-refractivity contribution in [3.8, 4) is 0 Å². The molecular formula is C31H30FN3O2. The van der Waals surface area contributed by atoms with Gasteiger partial charge in [0.15, 0.2) is 0 Å². The summed E-state index contributed by atoms with van der Waals surface area (Å²) in [6, 6.07) is 21.0. The van der Waals surface area contributed by atoms with Crippen LogP contribution in [0.15, 0.2) is 79.0 Å². The molecule has 188 valence electrons. The van der Waals surface area contributed by atoms with E-state index in [0.29, 0.717) is 5.69 Å². The van der Waals surface area contributed by atoms with Crippen LogP contribution >= 0.6 is 0 Å². The number of benzene rings is 3. The molecule has 0 radical (unpaired) electrons. The molecule has 1 saturated carbocycles. The second kappa shape index (κ2) is 9.51. The maximum Gasteiger partial charge on any atom is 0.255 e. The van der Waals surface area contributed by atoms with Crippen LogP contribution in [0.25, 0.3) is 10.9 Å². The Bertz CT molecular complexity index is 1490. The van der Waals surface area contributed by atoms with E-state index < -0.39 is 11.9 Å². The molecule has 1 unspecified atom stereocenters. The van der Waals surface area contributed by atoms with Gasteiger partial charge < -0.3 is 9.47 Å². The van der Waals surface area contributed by atoms with Crippen molar-refractivity contribution in [2.75, 3.05) is 9.80 Å². The largest absolute Gasteiger partial charge is 0.350 e. The molecule has 37 heavy (non-hydrogen) atoms. The van der Waals surface area contributed by atoms with Crippen molar-refractivity contribution in [2.24, 2.45) is 7.05 Å². The first-order valence-corrected chi connectivity index (χ1v) is 13.1. The number of carbonyl (C=O) groups is 2. The van der Waals surface area contributed by atoms with Gasteiger partial charge in [-0.1, -0.05) is 61.7 Å². The average Bonchev–Trinajstić information content (AvgIpc) is 3.38. The van der Waals surface area contributed by atoms with Gasteiger partial charge in [-0.3, -0.25) is 14.5 Å². The topological polar surface area (TPSA) is 45.6 Å². The zero-order chi connectivity index (χ0) is 25.5. The van der Waals surface area contributed by atoms with Gasteiger partial charge in [0.05, 0.1) is 6.42 Å². The van der Waals surface area contributed by atoms with Gasteiger partial charge in [0, 0.05) is 47.1 Å². The summed E-state index contributed by atoms with van der Waals surface area (Å²) in [5.74, 6) is -0.785. The van der Waals surface area contributed by atoms with Crippen LogP contribution in [0.3, 0.4) is 0 Å². The predicted octanol–water partition coefficient (Wildman–Crippen LogP) is 6.31. The highest BCUT2D eigenvalue weighted by Gasteiger charge is 2.45. The second-order valence-electron chi connectivity index (χ2n) is 10.2. The quantitative estimate of drug-likeness (QED) is 0.326. The molecule has 1 aromatic heterocycles. The van der Waals surface area contributed by atoms with Crippen molar-refractivity contribution < 1.29 is 14.0 Å². The fourth-order valence-corrected chi connectivity index (χ4v) is 6.16. The van der Waals surface area contributed by atoms with Crippen LogP contribution in [0.2, 0.25) is 0 Å². The summed E-state index contributed by atoms with van der Waals surface area (Å²) >= 11 is 0. The number of hydrogen-bond acceptors (Lipinski definition) is 2. The number of amides is 2. The van der Waals surface area contributed by atoms with Crippen LogP contribution in [0.4, 0.5) is 15.8 Å². The molecule has 1 aliphatic carbocycles. The van der Waals surface area contributed by atoms with Gasteiger partial charge in [-0.05, 0) is 48.7 Å². The van der Waals surface area contributed by atoms with E-state index in [1.807, 2.05) is 71.2 Å². The summed E-state index contributed by atoms with van der Waals surface area (Å²) in [5.41, 5.74) is 3.97. The van der Waals surface area contributed by atoms with Crippen molar-refractivity contribution in [1.82, 2.24) is 4.57 Å². The Morgan fingerprint density at radius 1 is 0.973 bits per heavy atom. The monoisotopic (exact) mass is 495 g/mol. The Labute approximate surface area is 216 Å². The number of anilines is 2. The van der Waals surface area contributed by atoms with Gasteiger partial charge in [0.1, 0.15) is 11.9 Å². The number of para-hydroxylation sites is 2. The van der Waals surface area contributed by atoms with E-state index in [1.165, 1.54) is 23.5 Å². The van der Waals surface area contributed by atoms with Crippen LogP contribution in [-0.4, -0.2) is 22.4 Å². The smallest absolute Gasteiger partial charge is 0.255 e. The molecule has 3 aromatic carbocycles. The second-order valence-corrected chi connectivity index (χ2v) is 10.2. The number of aromatic nitrogens is 1. The van der Waals surface area contributed by atoms with Crippen LogP contribution < -0.4 is 9.80 Å². The third-order valence-electron chi connectivity index (χ3n) is 7.84. The normalized spacial score (nSPS) is 17.8. The molecule has 0 saturated heterocycles. The fourth-order valence-electron chi connectivity index (χ4n) is 6.16. The Kier molecular flexibility index (Phi) is 6.03. The molecule has 2 aliphatic rings. The highest BCUT2D eigenvalue weighted by Crippen LogP contribution is 2.44. The summed E-state index contributed by atoms with van der Waals surface area (Å²) < 4.78 is 16.4.